The van der Waals surface area contributed by atoms with Crippen LogP contribution in [0.1, 0.15) is 29.8 Å². The summed E-state index contributed by atoms with van der Waals surface area (Å²) in [4.78, 5) is 23.5. The van der Waals surface area contributed by atoms with Crippen molar-refractivity contribution in [2.75, 3.05) is 19.0 Å². The molecule has 130 valence electrons. The molecule has 0 saturated carbocycles. The van der Waals surface area contributed by atoms with Crippen LogP contribution in [-0.2, 0) is 4.79 Å². The smallest absolute Gasteiger partial charge is 0.221 e. The van der Waals surface area contributed by atoms with Crippen molar-refractivity contribution in [1.82, 2.24) is 0 Å². The molecule has 1 N–H and O–H groups in total. The molecule has 0 unspecified atom stereocenters. The van der Waals surface area contributed by atoms with Crippen LogP contribution >= 0.6 is 0 Å². The zero-order valence-electron chi connectivity index (χ0n) is 14.5. The molecule has 1 amide bonds. The molecule has 0 radical (unpaired) electrons. The summed E-state index contributed by atoms with van der Waals surface area (Å²) in [5.41, 5.74) is 1.82. The molecular weight excluding hydrogens is 318 g/mol. The summed E-state index contributed by atoms with van der Waals surface area (Å²) >= 11 is 0. The maximum atomic E-state index is 12.4. The molecule has 0 aliphatic rings. The predicted molar refractivity (Wildman–Crippen MR) is 98.3 cm³/mol. The molecule has 0 bridgehead atoms. The maximum Gasteiger partial charge on any atom is 0.221 e. The highest BCUT2D eigenvalue weighted by atomic mass is 16.5. The van der Waals surface area contributed by atoms with Crippen LogP contribution in [-0.4, -0.2) is 25.4 Å². The first-order chi connectivity index (χ1) is 12.0. The molecule has 5 heteroatoms. The minimum atomic E-state index is -0.183. The number of hydrogen-bond acceptors (Lipinski definition) is 4. The number of ketones is 1. The molecule has 0 spiro atoms. The van der Waals surface area contributed by atoms with Gasteiger partial charge < -0.3 is 14.8 Å². The fourth-order valence-electron chi connectivity index (χ4n) is 2.37. The first-order valence-corrected chi connectivity index (χ1v) is 7.95. The second-order valence-corrected chi connectivity index (χ2v) is 5.27. The van der Waals surface area contributed by atoms with Gasteiger partial charge in [0.05, 0.1) is 13.7 Å². The summed E-state index contributed by atoms with van der Waals surface area (Å²) in [6.07, 6.45) is 3.16. The minimum Gasteiger partial charge on any atom is -0.492 e. The minimum absolute atomic E-state index is 0.170. The Bertz CT molecular complexity index is 796. The third-order valence-corrected chi connectivity index (χ3v) is 3.40. The fourth-order valence-corrected chi connectivity index (χ4v) is 2.37. The molecule has 2 aromatic carbocycles. The van der Waals surface area contributed by atoms with Crippen molar-refractivity contribution in [1.29, 1.82) is 0 Å². The van der Waals surface area contributed by atoms with E-state index in [2.05, 4.69) is 5.32 Å². The molecule has 0 aromatic heterocycles. The fraction of sp³-hybridized carbons (Fsp3) is 0.200. The van der Waals surface area contributed by atoms with E-state index in [1.807, 2.05) is 25.1 Å². The van der Waals surface area contributed by atoms with Gasteiger partial charge in [0, 0.05) is 23.7 Å². The summed E-state index contributed by atoms with van der Waals surface area (Å²) < 4.78 is 10.9. The lowest BCUT2D eigenvalue weighted by Gasteiger charge is -2.11. The average molecular weight is 339 g/mol. The third-order valence-electron chi connectivity index (χ3n) is 3.40. The number of carbonyl (C=O) groups excluding carboxylic acids is 2. The highest BCUT2D eigenvalue weighted by Gasteiger charge is 2.09. The topological polar surface area (TPSA) is 64.6 Å². The van der Waals surface area contributed by atoms with Gasteiger partial charge in [-0.25, -0.2) is 0 Å². The number of hydrogen-bond donors (Lipinski definition) is 1. The zero-order valence-corrected chi connectivity index (χ0v) is 14.5. The molecule has 0 atom stereocenters. The number of anilines is 1. The van der Waals surface area contributed by atoms with Crippen molar-refractivity contribution in [3.8, 4) is 11.5 Å². The summed E-state index contributed by atoms with van der Waals surface area (Å²) in [5, 5.41) is 2.66. The van der Waals surface area contributed by atoms with E-state index in [0.717, 1.165) is 5.56 Å². The molecule has 0 aliphatic carbocycles. The number of benzene rings is 2. The summed E-state index contributed by atoms with van der Waals surface area (Å²) in [6, 6.07) is 12.3. The van der Waals surface area contributed by atoms with Crippen molar-refractivity contribution in [2.45, 2.75) is 13.8 Å². The van der Waals surface area contributed by atoms with E-state index in [9.17, 15) is 9.59 Å². The maximum absolute atomic E-state index is 12.4. The van der Waals surface area contributed by atoms with Gasteiger partial charge in [-0.05, 0) is 37.3 Å². The molecular formula is C20H21NO4. The van der Waals surface area contributed by atoms with Crippen LogP contribution in [0.15, 0.2) is 48.5 Å². The Labute approximate surface area is 147 Å². The molecule has 2 aromatic rings. The van der Waals surface area contributed by atoms with Crippen molar-refractivity contribution >= 4 is 23.5 Å². The van der Waals surface area contributed by atoms with Crippen LogP contribution in [0.4, 0.5) is 5.69 Å². The number of amides is 1. The lowest BCUT2D eigenvalue weighted by atomic mass is 10.1. The molecule has 0 saturated heterocycles. The van der Waals surface area contributed by atoms with Gasteiger partial charge in [-0.1, -0.05) is 24.3 Å². The molecule has 0 aliphatic heterocycles. The second kappa shape index (κ2) is 8.68. The van der Waals surface area contributed by atoms with Gasteiger partial charge in [-0.15, -0.1) is 0 Å². The Morgan fingerprint density at radius 2 is 1.92 bits per heavy atom. The lowest BCUT2D eigenvalue weighted by Crippen LogP contribution is -2.06. The summed E-state index contributed by atoms with van der Waals surface area (Å²) in [5.74, 6) is 0.862. The molecule has 0 fully saturated rings. The van der Waals surface area contributed by atoms with Gasteiger partial charge >= 0.3 is 0 Å². The molecule has 5 nitrogen and oxygen atoms in total. The highest BCUT2D eigenvalue weighted by molar-refractivity contribution is 6.07. The quantitative estimate of drug-likeness (QED) is 0.613. The Kier molecular flexibility index (Phi) is 6.34. The standard InChI is InChI=1S/C20H21NO4/c1-4-25-19-10-6-7-15(20(19)24-3)11-12-18(23)16-8-5-9-17(13-16)21-14(2)22/h5-13H,4H2,1-3H3,(H,21,22)/b12-11+. The van der Waals surface area contributed by atoms with Crippen molar-refractivity contribution in [3.05, 3.63) is 59.7 Å². The Morgan fingerprint density at radius 3 is 2.60 bits per heavy atom. The predicted octanol–water partition coefficient (Wildman–Crippen LogP) is 3.95. The van der Waals surface area contributed by atoms with E-state index in [1.54, 1.807) is 37.5 Å². The molecule has 25 heavy (non-hydrogen) atoms. The van der Waals surface area contributed by atoms with Crippen molar-refractivity contribution < 1.29 is 19.1 Å². The summed E-state index contributed by atoms with van der Waals surface area (Å²) in [6.45, 7) is 3.85. The van der Waals surface area contributed by atoms with E-state index < -0.39 is 0 Å². The van der Waals surface area contributed by atoms with E-state index in [0.29, 0.717) is 29.4 Å². The largest absolute Gasteiger partial charge is 0.492 e. The monoisotopic (exact) mass is 339 g/mol. The van der Waals surface area contributed by atoms with Gasteiger partial charge in [0.15, 0.2) is 17.3 Å². The number of para-hydroxylation sites is 1. The average Bonchev–Trinajstić information content (AvgIpc) is 2.59. The molecule has 2 rings (SSSR count). The Morgan fingerprint density at radius 1 is 1.16 bits per heavy atom. The van der Waals surface area contributed by atoms with Gasteiger partial charge in [-0.2, -0.15) is 0 Å². The summed E-state index contributed by atoms with van der Waals surface area (Å²) in [7, 11) is 1.56. The zero-order chi connectivity index (χ0) is 18.2. The van der Waals surface area contributed by atoms with Crippen LogP contribution in [0.25, 0.3) is 6.08 Å². The van der Waals surface area contributed by atoms with Crippen molar-refractivity contribution in [3.63, 3.8) is 0 Å². The Balaban J connectivity index is 2.23. The normalized spacial score (nSPS) is 10.5. The number of nitrogens with one attached hydrogen (secondary N) is 1. The Hall–Kier alpha value is -3.08. The first-order valence-electron chi connectivity index (χ1n) is 7.95. The lowest BCUT2D eigenvalue weighted by molar-refractivity contribution is -0.114. The number of ether oxygens (including phenoxy) is 2. The van der Waals surface area contributed by atoms with Crippen LogP contribution in [0.3, 0.4) is 0 Å². The van der Waals surface area contributed by atoms with E-state index >= 15 is 0 Å². The van der Waals surface area contributed by atoms with E-state index in [-0.39, 0.29) is 11.7 Å². The highest BCUT2D eigenvalue weighted by Crippen LogP contribution is 2.32. The number of carbonyl (C=O) groups is 2. The van der Waals surface area contributed by atoms with Gasteiger partial charge in [0.2, 0.25) is 5.91 Å². The van der Waals surface area contributed by atoms with Crippen molar-refractivity contribution in [2.24, 2.45) is 0 Å². The van der Waals surface area contributed by atoms with Crippen LogP contribution in [0.5, 0.6) is 11.5 Å². The number of allylic oxidation sites excluding steroid dienone is 1. The van der Waals surface area contributed by atoms with E-state index in [1.165, 1.54) is 13.0 Å². The second-order valence-electron chi connectivity index (χ2n) is 5.27. The third kappa shape index (κ3) is 4.94. The first kappa shape index (κ1) is 18.3. The van der Waals surface area contributed by atoms with Crippen LogP contribution < -0.4 is 14.8 Å². The van der Waals surface area contributed by atoms with Crippen LogP contribution in [0, 0.1) is 0 Å². The van der Waals surface area contributed by atoms with Gasteiger partial charge in [0.25, 0.3) is 0 Å². The number of methoxy groups -OCH3 is 1. The van der Waals surface area contributed by atoms with E-state index in [4.69, 9.17) is 9.47 Å². The SMILES string of the molecule is CCOc1cccc(/C=C/C(=O)c2cccc(NC(C)=O)c2)c1OC. The van der Waals surface area contributed by atoms with Gasteiger partial charge in [-0.3, -0.25) is 9.59 Å². The molecule has 0 heterocycles. The van der Waals surface area contributed by atoms with Crippen LogP contribution in [0.2, 0.25) is 0 Å². The number of rotatable bonds is 7. The van der Waals surface area contributed by atoms with Gasteiger partial charge in [0.1, 0.15) is 0 Å².